The van der Waals surface area contributed by atoms with Crippen molar-refractivity contribution in [3.63, 3.8) is 0 Å². The fourth-order valence-electron chi connectivity index (χ4n) is 1.78. The molecular formula is C12H13NO2S. The Morgan fingerprint density at radius 2 is 2.12 bits per heavy atom. The van der Waals surface area contributed by atoms with Gasteiger partial charge in [0.1, 0.15) is 0 Å². The molecule has 1 heterocycles. The van der Waals surface area contributed by atoms with Gasteiger partial charge >= 0.3 is 5.97 Å². The molecule has 0 amide bonds. The number of nitrogens with one attached hydrogen (secondary N) is 1. The van der Waals surface area contributed by atoms with Gasteiger partial charge < -0.3 is 10.1 Å². The molecule has 0 bridgehead atoms. The van der Waals surface area contributed by atoms with Crippen molar-refractivity contribution in [1.29, 1.82) is 0 Å². The average molecular weight is 235 g/mol. The van der Waals surface area contributed by atoms with E-state index in [1.807, 2.05) is 24.3 Å². The second-order valence-corrected chi connectivity index (χ2v) is 4.19. The highest BCUT2D eigenvalue weighted by Crippen LogP contribution is 2.26. The molecule has 1 aromatic heterocycles. The van der Waals surface area contributed by atoms with Crippen molar-refractivity contribution >= 4 is 29.5 Å². The Morgan fingerprint density at radius 3 is 2.81 bits per heavy atom. The molecule has 84 valence electrons. The fourth-order valence-corrected chi connectivity index (χ4v) is 2.14. The molecule has 0 aliphatic rings. The van der Waals surface area contributed by atoms with Crippen LogP contribution in [-0.4, -0.2) is 16.1 Å². The maximum atomic E-state index is 10.4. The monoisotopic (exact) mass is 235 g/mol. The van der Waals surface area contributed by atoms with Gasteiger partial charge in [0, 0.05) is 27.9 Å². The number of fused-ring (bicyclic) bond motifs is 1. The molecule has 1 aromatic carbocycles. The van der Waals surface area contributed by atoms with E-state index >= 15 is 0 Å². The fraction of sp³-hybridized carbons (Fsp3) is 0.250. The smallest absolute Gasteiger partial charge is 0.303 e. The van der Waals surface area contributed by atoms with Crippen molar-refractivity contribution in [1.82, 2.24) is 4.98 Å². The SMILES string of the molecule is O=C(O)CCCc1[nH]c2ccccc2c1S. The summed E-state index contributed by atoms with van der Waals surface area (Å²) in [7, 11) is 0. The van der Waals surface area contributed by atoms with Gasteiger partial charge in [-0.2, -0.15) is 0 Å². The number of rotatable bonds is 4. The van der Waals surface area contributed by atoms with Crippen molar-refractivity contribution in [2.75, 3.05) is 0 Å². The number of aryl methyl sites for hydroxylation is 1. The summed E-state index contributed by atoms with van der Waals surface area (Å²) < 4.78 is 0. The molecule has 2 aromatic rings. The minimum absolute atomic E-state index is 0.197. The molecule has 0 saturated heterocycles. The van der Waals surface area contributed by atoms with Crippen LogP contribution >= 0.6 is 12.6 Å². The number of hydrogen-bond acceptors (Lipinski definition) is 2. The molecule has 0 aliphatic heterocycles. The highest BCUT2D eigenvalue weighted by atomic mass is 32.1. The molecule has 0 unspecified atom stereocenters. The molecular weight excluding hydrogens is 222 g/mol. The molecule has 0 saturated carbocycles. The predicted molar refractivity (Wildman–Crippen MR) is 66.1 cm³/mol. The van der Waals surface area contributed by atoms with Gasteiger partial charge in [0.25, 0.3) is 0 Å². The van der Waals surface area contributed by atoms with Crippen LogP contribution in [0.15, 0.2) is 29.2 Å². The summed E-state index contributed by atoms with van der Waals surface area (Å²) >= 11 is 4.46. The predicted octanol–water partition coefficient (Wildman–Crippen LogP) is 2.86. The molecule has 0 radical (unpaired) electrons. The number of aliphatic carboxylic acids is 1. The lowest BCUT2D eigenvalue weighted by Gasteiger charge is -1.97. The number of aromatic nitrogens is 1. The number of hydrogen-bond donors (Lipinski definition) is 3. The first-order valence-corrected chi connectivity index (χ1v) is 5.63. The molecule has 0 aliphatic carbocycles. The van der Waals surface area contributed by atoms with Crippen LogP contribution in [-0.2, 0) is 11.2 Å². The van der Waals surface area contributed by atoms with Crippen molar-refractivity contribution in [2.45, 2.75) is 24.2 Å². The lowest BCUT2D eigenvalue weighted by atomic mass is 10.2. The van der Waals surface area contributed by atoms with E-state index in [4.69, 9.17) is 5.11 Å². The number of carboxylic acid groups (broad SMARTS) is 1. The average Bonchev–Trinajstić information content (AvgIpc) is 2.56. The number of carboxylic acids is 1. The topological polar surface area (TPSA) is 53.1 Å². The summed E-state index contributed by atoms with van der Waals surface area (Å²) in [5, 5.41) is 9.66. The van der Waals surface area contributed by atoms with Crippen LogP contribution < -0.4 is 0 Å². The Kier molecular flexibility index (Phi) is 3.19. The maximum Gasteiger partial charge on any atom is 0.303 e. The lowest BCUT2D eigenvalue weighted by Crippen LogP contribution is -1.96. The molecule has 2 N–H and O–H groups in total. The Morgan fingerprint density at radius 1 is 1.38 bits per heavy atom. The number of aromatic amines is 1. The number of para-hydroxylation sites is 1. The molecule has 16 heavy (non-hydrogen) atoms. The first kappa shape index (κ1) is 11.1. The van der Waals surface area contributed by atoms with Gasteiger partial charge in [-0.3, -0.25) is 4.79 Å². The molecule has 0 spiro atoms. The molecule has 4 heteroatoms. The van der Waals surface area contributed by atoms with Gasteiger partial charge in [-0.1, -0.05) is 18.2 Å². The number of thiol groups is 1. The molecule has 2 rings (SSSR count). The first-order chi connectivity index (χ1) is 7.68. The molecule has 0 atom stereocenters. The van der Waals surface area contributed by atoms with Crippen molar-refractivity contribution in [3.8, 4) is 0 Å². The second kappa shape index (κ2) is 4.61. The van der Waals surface area contributed by atoms with Crippen molar-refractivity contribution in [3.05, 3.63) is 30.0 Å². The number of H-pyrrole nitrogens is 1. The van der Waals surface area contributed by atoms with Gasteiger partial charge in [0.05, 0.1) is 0 Å². The van der Waals surface area contributed by atoms with Gasteiger partial charge in [-0.15, -0.1) is 12.6 Å². The van der Waals surface area contributed by atoms with Crippen LogP contribution in [0, 0.1) is 0 Å². The third-order valence-electron chi connectivity index (χ3n) is 2.57. The van der Waals surface area contributed by atoms with E-state index in [9.17, 15) is 4.79 Å². The first-order valence-electron chi connectivity index (χ1n) is 5.19. The van der Waals surface area contributed by atoms with E-state index < -0.39 is 5.97 Å². The summed E-state index contributed by atoms with van der Waals surface area (Å²) in [4.78, 5) is 14.6. The third-order valence-corrected chi connectivity index (χ3v) is 3.08. The molecule has 3 nitrogen and oxygen atoms in total. The Labute approximate surface area is 98.9 Å². The maximum absolute atomic E-state index is 10.4. The number of carbonyl (C=O) groups is 1. The Bertz CT molecular complexity index is 519. The summed E-state index contributed by atoms with van der Waals surface area (Å²) in [5.74, 6) is -0.753. The number of benzene rings is 1. The normalized spacial score (nSPS) is 10.8. The molecule has 0 fully saturated rings. The zero-order chi connectivity index (χ0) is 11.5. The van der Waals surface area contributed by atoms with E-state index in [1.165, 1.54) is 0 Å². The zero-order valence-electron chi connectivity index (χ0n) is 8.73. The van der Waals surface area contributed by atoms with E-state index in [0.717, 1.165) is 27.9 Å². The quantitative estimate of drug-likeness (QED) is 0.714. The largest absolute Gasteiger partial charge is 0.481 e. The summed E-state index contributed by atoms with van der Waals surface area (Å²) in [6.07, 6.45) is 1.55. The van der Waals surface area contributed by atoms with Crippen LogP contribution in [0.25, 0.3) is 10.9 Å². The van der Waals surface area contributed by atoms with E-state index in [1.54, 1.807) is 0 Å². The standard InChI is InChI=1S/C12H13NO2S/c14-11(15)7-3-6-10-12(16)8-4-1-2-5-9(8)13-10/h1-2,4-5,13,16H,3,6-7H2,(H,14,15). The van der Waals surface area contributed by atoms with Crippen LogP contribution in [0.3, 0.4) is 0 Å². The van der Waals surface area contributed by atoms with Crippen LogP contribution in [0.4, 0.5) is 0 Å². The van der Waals surface area contributed by atoms with Crippen LogP contribution in [0.5, 0.6) is 0 Å². The zero-order valence-corrected chi connectivity index (χ0v) is 9.63. The second-order valence-electron chi connectivity index (χ2n) is 3.75. The van der Waals surface area contributed by atoms with E-state index in [2.05, 4.69) is 17.6 Å². The third kappa shape index (κ3) is 2.22. The van der Waals surface area contributed by atoms with Gasteiger partial charge in [-0.25, -0.2) is 0 Å². The highest BCUT2D eigenvalue weighted by molar-refractivity contribution is 7.80. The highest BCUT2D eigenvalue weighted by Gasteiger charge is 2.07. The Hall–Kier alpha value is -1.42. The Balaban J connectivity index is 2.18. The lowest BCUT2D eigenvalue weighted by molar-refractivity contribution is -0.137. The minimum atomic E-state index is -0.753. The van der Waals surface area contributed by atoms with Crippen molar-refractivity contribution < 1.29 is 9.90 Å². The van der Waals surface area contributed by atoms with Gasteiger partial charge in [0.15, 0.2) is 0 Å². The van der Waals surface area contributed by atoms with Crippen LogP contribution in [0.2, 0.25) is 0 Å². The van der Waals surface area contributed by atoms with E-state index in [-0.39, 0.29) is 6.42 Å². The minimum Gasteiger partial charge on any atom is -0.481 e. The summed E-state index contributed by atoms with van der Waals surface area (Å²) in [5.41, 5.74) is 2.07. The summed E-state index contributed by atoms with van der Waals surface area (Å²) in [6, 6.07) is 7.94. The van der Waals surface area contributed by atoms with Gasteiger partial charge in [0.2, 0.25) is 0 Å². The van der Waals surface area contributed by atoms with E-state index in [0.29, 0.717) is 6.42 Å². The van der Waals surface area contributed by atoms with Gasteiger partial charge in [-0.05, 0) is 18.9 Å². The van der Waals surface area contributed by atoms with Crippen molar-refractivity contribution in [2.24, 2.45) is 0 Å². The summed E-state index contributed by atoms with van der Waals surface area (Å²) in [6.45, 7) is 0. The van der Waals surface area contributed by atoms with Crippen LogP contribution in [0.1, 0.15) is 18.5 Å².